The molecule has 23 nitrogen and oxygen atoms in total. The molecule has 2 unspecified atom stereocenters. The molecule has 0 saturated carbocycles. The fraction of sp³-hybridized carbons (Fsp3) is 0.568. The maximum atomic E-state index is 17.2. The first-order chi connectivity index (χ1) is 34.9. The van der Waals surface area contributed by atoms with Crippen molar-refractivity contribution in [3.8, 4) is 6.07 Å². The van der Waals surface area contributed by atoms with Gasteiger partial charge >= 0.3 is 31.7 Å². The second-order valence-electron chi connectivity index (χ2n) is 19.3. The zero-order valence-corrected chi connectivity index (χ0v) is 46.5. The van der Waals surface area contributed by atoms with Crippen LogP contribution in [0.2, 0.25) is 22.2 Å². The Hall–Kier alpha value is -4.12. The molecule has 0 aliphatic carbocycles. The lowest BCUT2D eigenvalue weighted by atomic mass is 10.1. The van der Waals surface area contributed by atoms with E-state index < -0.39 is 134 Å². The van der Waals surface area contributed by atoms with E-state index in [-0.39, 0.29) is 40.1 Å². The average molecular weight is 1130 g/mol. The van der Waals surface area contributed by atoms with Gasteiger partial charge in [-0.05, 0) is 46.1 Å². The number of imidazole rings is 1. The fourth-order valence-corrected chi connectivity index (χ4v) is 22.0. The molecule has 10 atom stereocenters. The fourth-order valence-electron chi connectivity index (χ4n) is 9.31. The minimum Gasteiger partial charge on any atom is -0.414 e. The SMILES string of the molecule is CC(C)[Si](O)(O[Si](O[C@H]1[C@H]2OP(=O)(OCCC#N)OC[C@H]3O[C@@H](n4cnc5c(NC(=O)c6ccccc6)ncnc54)[C@H](F)[C@@H]3OP(O)(=S)OC[C@H]1O[C@H]2n1cc(F)c2c(=O)n(C)cnc21)(C(C)C)C(C)C)C(C)C. The number of fused-ring (bicyclic) bond motifs is 5. The molecule has 402 valence electrons. The summed E-state index contributed by atoms with van der Waals surface area (Å²) < 4.78 is 110. The summed E-state index contributed by atoms with van der Waals surface area (Å²) >= 11 is 5.55. The Labute approximate surface area is 431 Å². The summed E-state index contributed by atoms with van der Waals surface area (Å²) in [5, 5.41) is 11.8. The Bertz CT molecular complexity index is 3040. The smallest absolute Gasteiger partial charge is 0.414 e. The maximum Gasteiger partial charge on any atom is 0.475 e. The lowest BCUT2D eigenvalue weighted by molar-refractivity contribution is -0.0665. The summed E-state index contributed by atoms with van der Waals surface area (Å²) in [5.41, 5.74) is -2.03. The van der Waals surface area contributed by atoms with E-state index in [0.717, 1.165) is 21.7 Å². The number of nitrogens with zero attached hydrogens (tertiary/aromatic N) is 8. The Morgan fingerprint density at radius 3 is 2.27 bits per heavy atom. The van der Waals surface area contributed by atoms with Crippen LogP contribution < -0.4 is 10.9 Å². The number of rotatable bonds is 15. The zero-order valence-electron chi connectivity index (χ0n) is 41.9. The summed E-state index contributed by atoms with van der Waals surface area (Å²) in [6, 6.07) is 10.2. The molecule has 3 fully saturated rings. The van der Waals surface area contributed by atoms with Crippen LogP contribution in [0.15, 0.2) is 60.3 Å². The van der Waals surface area contributed by atoms with Gasteiger partial charge in [0.25, 0.3) is 11.5 Å². The number of hydrogen-bond acceptors (Lipinski definition) is 19. The summed E-state index contributed by atoms with van der Waals surface area (Å²) in [5.74, 6) is -1.49. The van der Waals surface area contributed by atoms with E-state index in [1.165, 1.54) is 24.3 Å². The van der Waals surface area contributed by atoms with Gasteiger partial charge in [0, 0.05) is 18.8 Å². The third kappa shape index (κ3) is 10.9. The van der Waals surface area contributed by atoms with Crippen molar-refractivity contribution in [2.75, 3.05) is 25.1 Å². The average Bonchev–Trinajstić information content (AvgIpc) is 4.10. The first-order valence-corrected chi connectivity index (χ1v) is 31.9. The number of nitriles is 1. The van der Waals surface area contributed by atoms with Crippen molar-refractivity contribution in [3.63, 3.8) is 0 Å². The second-order valence-corrected chi connectivity index (χ2v) is 32.4. The number of amides is 1. The highest BCUT2D eigenvalue weighted by Gasteiger charge is 2.61. The first kappa shape index (κ1) is 56.1. The lowest BCUT2D eigenvalue weighted by Gasteiger charge is -2.47. The molecular weight excluding hydrogens is 1070 g/mol. The van der Waals surface area contributed by atoms with Crippen LogP contribution >= 0.6 is 14.5 Å². The number of aryl methyl sites for hydroxylation is 1. The quantitative estimate of drug-likeness (QED) is 0.0536. The summed E-state index contributed by atoms with van der Waals surface area (Å²) in [6.07, 6.45) is -9.34. The summed E-state index contributed by atoms with van der Waals surface area (Å²) in [4.78, 5) is 67.9. The largest absolute Gasteiger partial charge is 0.475 e. The van der Waals surface area contributed by atoms with E-state index in [2.05, 4.69) is 25.3 Å². The molecule has 3 aliphatic rings. The molecular formula is C44H59F2N9O14P2SSi2. The van der Waals surface area contributed by atoms with Crippen molar-refractivity contribution in [3.05, 3.63) is 77.2 Å². The predicted molar refractivity (Wildman–Crippen MR) is 269 cm³/mol. The molecule has 2 bridgehead atoms. The first-order valence-electron chi connectivity index (χ1n) is 23.8. The second kappa shape index (κ2) is 22.1. The van der Waals surface area contributed by atoms with Crippen molar-refractivity contribution in [1.29, 1.82) is 5.26 Å². The highest BCUT2D eigenvalue weighted by Crippen LogP contribution is 2.58. The molecule has 4 aromatic heterocycles. The third-order valence-corrected chi connectivity index (χ3v) is 26.0. The van der Waals surface area contributed by atoms with E-state index in [1.54, 1.807) is 30.3 Å². The Kier molecular flexibility index (Phi) is 16.7. The van der Waals surface area contributed by atoms with Crippen molar-refractivity contribution < 1.29 is 68.5 Å². The number of phosphoric acid groups is 1. The molecule has 30 heteroatoms. The molecule has 1 aromatic carbocycles. The number of benzene rings is 1. The van der Waals surface area contributed by atoms with E-state index in [4.69, 9.17) is 52.4 Å². The van der Waals surface area contributed by atoms with Crippen LogP contribution in [0.25, 0.3) is 22.2 Å². The number of alkyl halides is 1. The summed E-state index contributed by atoms with van der Waals surface area (Å²) in [6.45, 7) is 8.24. The van der Waals surface area contributed by atoms with Gasteiger partial charge in [-0.1, -0.05) is 73.6 Å². The molecule has 74 heavy (non-hydrogen) atoms. The van der Waals surface area contributed by atoms with Crippen LogP contribution in [0.5, 0.6) is 0 Å². The van der Waals surface area contributed by atoms with E-state index in [0.29, 0.717) is 5.56 Å². The maximum absolute atomic E-state index is 17.2. The predicted octanol–water partition coefficient (Wildman–Crippen LogP) is 7.09. The highest BCUT2D eigenvalue weighted by molar-refractivity contribution is 8.07. The number of ether oxygens (including phenoxy) is 2. The van der Waals surface area contributed by atoms with Gasteiger partial charge in [0.2, 0.25) is 0 Å². The Morgan fingerprint density at radius 1 is 0.932 bits per heavy atom. The normalized spacial score (nSPS) is 28.2. The molecule has 3 aliphatic heterocycles. The Balaban J connectivity index is 1.21. The van der Waals surface area contributed by atoms with E-state index in [9.17, 15) is 24.5 Å². The van der Waals surface area contributed by atoms with Gasteiger partial charge in [0.15, 0.2) is 47.1 Å². The van der Waals surface area contributed by atoms with Gasteiger partial charge in [-0.3, -0.25) is 32.3 Å². The number of phosphoric ester groups is 1. The van der Waals surface area contributed by atoms with Gasteiger partial charge in [0.05, 0.1) is 45.0 Å². The molecule has 1 amide bonds. The lowest BCUT2D eigenvalue weighted by Crippen LogP contribution is -2.62. The van der Waals surface area contributed by atoms with Crippen LogP contribution in [0.1, 0.15) is 84.6 Å². The van der Waals surface area contributed by atoms with Crippen LogP contribution in [0, 0.1) is 17.1 Å². The van der Waals surface area contributed by atoms with Crippen LogP contribution in [-0.2, 0) is 64.1 Å². The monoisotopic (exact) mass is 1130 g/mol. The molecule has 0 spiro atoms. The van der Waals surface area contributed by atoms with Gasteiger partial charge in [-0.15, -0.1) is 0 Å². The third-order valence-electron chi connectivity index (χ3n) is 13.2. The van der Waals surface area contributed by atoms with Gasteiger partial charge < -0.3 is 46.7 Å². The van der Waals surface area contributed by atoms with Crippen LogP contribution in [0.4, 0.5) is 14.6 Å². The highest BCUT2D eigenvalue weighted by atomic mass is 32.5. The van der Waals surface area contributed by atoms with Crippen molar-refractivity contribution in [1.82, 2.24) is 33.6 Å². The standard InChI is InChI=1S/C44H59F2N9O14P2SSi2/c1-24(2)73(60,25(3)4)69-74(26(5)6,27(7)8)68-36-31-20-63-71(59,72)67-35-30(64-43(33(35)46)55-23-50-34-38(48-21-49-40(34)55)52-41(56)28-14-11-10-12-15-28)19-62-70(58,61-17-13-16-47)66-37(36)44(65-31)54-18-29(45)32-39(54)51-22-53(9)42(32)57/h10-12,14-15,18,21-27,30-31,33,35-37,43-44,60H,13,17,19-20H2,1-9H3,(H,59,72)(H,48,49,52,56)/t30-,31-,33-,35-,36-,37-,43-,44-,70?,71?/m1/s1. The summed E-state index contributed by atoms with van der Waals surface area (Å²) in [7, 11) is -11.2. The van der Waals surface area contributed by atoms with Crippen LogP contribution in [0.3, 0.4) is 0 Å². The molecule has 5 aromatic rings. The Morgan fingerprint density at radius 2 is 1.61 bits per heavy atom. The van der Waals surface area contributed by atoms with Crippen molar-refractivity contribution >= 4 is 77.4 Å². The number of nitrogens with one attached hydrogen (secondary N) is 1. The number of carbonyl (C=O) groups excluding carboxylic acids is 1. The minimum absolute atomic E-state index is 0.00205. The van der Waals surface area contributed by atoms with E-state index >= 15 is 13.3 Å². The van der Waals surface area contributed by atoms with Crippen LogP contribution in [-0.4, -0.2) is 123 Å². The van der Waals surface area contributed by atoms with Gasteiger partial charge in [-0.25, -0.2) is 33.3 Å². The molecule has 3 N–H and O–H groups in total. The van der Waals surface area contributed by atoms with Crippen molar-refractivity contribution in [2.45, 2.75) is 133 Å². The number of carbonyl (C=O) groups is 1. The number of anilines is 1. The number of halogens is 2. The number of hydrogen-bond donors (Lipinski definition) is 3. The molecule has 0 radical (unpaired) electrons. The minimum atomic E-state index is -5.10. The van der Waals surface area contributed by atoms with Gasteiger partial charge in [0.1, 0.15) is 42.2 Å². The molecule has 3 saturated heterocycles. The molecule has 7 heterocycles. The van der Waals surface area contributed by atoms with Crippen molar-refractivity contribution in [2.24, 2.45) is 7.05 Å². The van der Waals surface area contributed by atoms with E-state index in [1.807, 2.05) is 61.5 Å². The topological polar surface area (TPSA) is 277 Å². The van der Waals surface area contributed by atoms with Gasteiger partial charge in [-0.2, -0.15) is 5.26 Å². The molecule has 8 rings (SSSR count). The number of aromatic nitrogens is 7. The zero-order chi connectivity index (χ0) is 53.7.